The molecule has 45 heavy (non-hydrogen) atoms. The van der Waals surface area contributed by atoms with Gasteiger partial charge in [-0.3, -0.25) is 9.10 Å². The van der Waals surface area contributed by atoms with E-state index < -0.39 is 27.6 Å². The molecule has 1 N–H and O–H groups in total. The summed E-state index contributed by atoms with van der Waals surface area (Å²) in [6, 6.07) is 16.6. The number of ether oxygens (including phenoxy) is 1. The molecule has 0 aliphatic carbocycles. The van der Waals surface area contributed by atoms with Crippen molar-refractivity contribution in [1.29, 1.82) is 0 Å². The fourth-order valence-electron chi connectivity index (χ4n) is 5.63. The van der Waals surface area contributed by atoms with Crippen LogP contribution in [0.4, 0.5) is 14.5 Å². The third-order valence-electron chi connectivity index (χ3n) is 7.89. The van der Waals surface area contributed by atoms with Crippen LogP contribution in [0.2, 0.25) is 5.02 Å². The molecular formula is C32H23ClF2N4O5S. The van der Waals surface area contributed by atoms with Crippen LogP contribution in [-0.4, -0.2) is 44.2 Å². The smallest absolute Gasteiger partial charge is 0.255 e. The first kappa shape index (κ1) is 28.8. The molecule has 0 saturated carbocycles. The third-order valence-corrected chi connectivity index (χ3v) is 9.45. The van der Waals surface area contributed by atoms with Gasteiger partial charge in [-0.15, -0.1) is 0 Å². The zero-order valence-electron chi connectivity index (χ0n) is 24.0. The first-order valence-electron chi connectivity index (χ1n) is 13.6. The highest BCUT2D eigenvalue weighted by molar-refractivity contribution is 7.92. The number of nitrogens with zero attached hydrogens (tertiary/aromatic N) is 3. The van der Waals surface area contributed by atoms with E-state index in [1.54, 1.807) is 34.9 Å². The Labute approximate surface area is 260 Å². The lowest BCUT2D eigenvalue weighted by Crippen LogP contribution is -2.25. The minimum Gasteiger partial charge on any atom is -0.470 e. The van der Waals surface area contributed by atoms with E-state index in [1.807, 2.05) is 0 Å². The van der Waals surface area contributed by atoms with Gasteiger partial charge in [-0.1, -0.05) is 17.7 Å². The normalized spacial score (nSPS) is 12.6. The SMILES string of the molecule is CNC(=O)c1c(-c2ccc(F)cc2)oc2cc(N(C)S(C)(=O)=O)c(-c3ccc4c(n3)-c3c(Cl)c5c(F)cccc5n3CO4)cc12. The zero-order valence-corrected chi connectivity index (χ0v) is 25.6. The summed E-state index contributed by atoms with van der Waals surface area (Å²) in [5.74, 6) is -0.824. The van der Waals surface area contributed by atoms with Gasteiger partial charge in [0.2, 0.25) is 10.0 Å². The Morgan fingerprint density at radius 2 is 1.84 bits per heavy atom. The highest BCUT2D eigenvalue weighted by atomic mass is 35.5. The summed E-state index contributed by atoms with van der Waals surface area (Å²) in [7, 11) is -0.917. The molecule has 0 fully saturated rings. The van der Waals surface area contributed by atoms with Gasteiger partial charge < -0.3 is 19.0 Å². The van der Waals surface area contributed by atoms with Gasteiger partial charge >= 0.3 is 0 Å². The average Bonchev–Trinajstić information content (AvgIpc) is 3.55. The molecule has 0 bridgehead atoms. The van der Waals surface area contributed by atoms with Crippen LogP contribution >= 0.6 is 11.6 Å². The van der Waals surface area contributed by atoms with Crippen LogP contribution in [-0.2, 0) is 16.8 Å². The number of hydrogen-bond donors (Lipinski definition) is 1. The summed E-state index contributed by atoms with van der Waals surface area (Å²) in [4.78, 5) is 18.1. The summed E-state index contributed by atoms with van der Waals surface area (Å²) in [5, 5.41) is 3.40. The van der Waals surface area contributed by atoms with Crippen molar-refractivity contribution in [3.05, 3.63) is 89.0 Å². The van der Waals surface area contributed by atoms with Crippen molar-refractivity contribution in [2.45, 2.75) is 6.73 Å². The Balaban J connectivity index is 1.51. The highest BCUT2D eigenvalue weighted by Crippen LogP contribution is 2.46. The second kappa shape index (κ2) is 10.3. The molecule has 3 aromatic heterocycles. The van der Waals surface area contributed by atoms with Crippen molar-refractivity contribution < 1.29 is 31.1 Å². The molecule has 0 saturated heterocycles. The maximum atomic E-state index is 14.9. The molecule has 7 rings (SSSR count). The number of nitrogens with one attached hydrogen (secondary N) is 1. The number of hydrogen-bond acceptors (Lipinski definition) is 6. The van der Waals surface area contributed by atoms with E-state index in [2.05, 4.69) is 5.32 Å². The Kier molecular flexibility index (Phi) is 6.60. The minimum absolute atomic E-state index is 0.0841. The summed E-state index contributed by atoms with van der Waals surface area (Å²) < 4.78 is 69.1. The maximum absolute atomic E-state index is 14.9. The van der Waals surface area contributed by atoms with Crippen LogP contribution in [0.3, 0.4) is 0 Å². The fourth-order valence-corrected chi connectivity index (χ4v) is 6.51. The second-order valence-electron chi connectivity index (χ2n) is 10.5. The molecule has 0 radical (unpaired) electrons. The van der Waals surface area contributed by atoms with Gasteiger partial charge in [-0.25, -0.2) is 22.2 Å². The molecule has 1 aliphatic heterocycles. The minimum atomic E-state index is -3.78. The number of benzene rings is 3. The lowest BCUT2D eigenvalue weighted by atomic mass is 10.0. The van der Waals surface area contributed by atoms with Gasteiger partial charge in [0.05, 0.1) is 44.8 Å². The van der Waals surface area contributed by atoms with Gasteiger partial charge in [0.1, 0.15) is 34.4 Å². The fraction of sp³-hybridized carbons (Fsp3) is 0.125. The molecule has 3 aromatic carbocycles. The summed E-state index contributed by atoms with van der Waals surface area (Å²) in [6.07, 6.45) is 1.06. The number of carbonyl (C=O) groups excluding carboxylic acids is 1. The van der Waals surface area contributed by atoms with Crippen molar-refractivity contribution in [2.75, 3.05) is 24.7 Å². The number of anilines is 1. The number of amides is 1. The number of halogens is 3. The van der Waals surface area contributed by atoms with Crippen LogP contribution in [0.5, 0.6) is 5.75 Å². The van der Waals surface area contributed by atoms with E-state index in [0.29, 0.717) is 44.9 Å². The lowest BCUT2D eigenvalue weighted by Gasteiger charge is -2.23. The van der Waals surface area contributed by atoms with Gasteiger partial charge in [0.15, 0.2) is 6.73 Å². The monoisotopic (exact) mass is 648 g/mol. The van der Waals surface area contributed by atoms with Crippen molar-refractivity contribution in [1.82, 2.24) is 14.9 Å². The first-order chi connectivity index (χ1) is 21.5. The van der Waals surface area contributed by atoms with Crippen molar-refractivity contribution in [3.63, 3.8) is 0 Å². The van der Waals surface area contributed by atoms with E-state index in [1.165, 1.54) is 50.5 Å². The Morgan fingerprint density at radius 3 is 2.56 bits per heavy atom. The number of furan rings is 1. The number of carbonyl (C=O) groups is 1. The second-order valence-corrected chi connectivity index (χ2v) is 12.9. The van der Waals surface area contributed by atoms with Gasteiger partial charge in [-0.05, 0) is 54.6 Å². The van der Waals surface area contributed by atoms with Crippen LogP contribution in [0.1, 0.15) is 10.4 Å². The summed E-state index contributed by atoms with van der Waals surface area (Å²) >= 11 is 6.74. The third kappa shape index (κ3) is 4.51. The van der Waals surface area contributed by atoms with Gasteiger partial charge in [0.25, 0.3) is 5.91 Å². The number of fused-ring (bicyclic) bond motifs is 6. The Morgan fingerprint density at radius 1 is 1.09 bits per heavy atom. The predicted octanol–water partition coefficient (Wildman–Crippen LogP) is 6.82. The molecule has 1 aliphatic rings. The topological polar surface area (TPSA) is 107 Å². The van der Waals surface area contributed by atoms with E-state index in [9.17, 15) is 22.0 Å². The largest absolute Gasteiger partial charge is 0.470 e. The van der Waals surface area contributed by atoms with E-state index in [-0.39, 0.29) is 39.7 Å². The zero-order chi connectivity index (χ0) is 31.8. The molecule has 0 spiro atoms. The average molecular weight is 649 g/mol. The molecule has 228 valence electrons. The summed E-state index contributed by atoms with van der Waals surface area (Å²) in [6.45, 7) is 0.0841. The highest BCUT2D eigenvalue weighted by Gasteiger charge is 2.30. The van der Waals surface area contributed by atoms with Gasteiger partial charge in [0, 0.05) is 36.7 Å². The molecule has 6 aromatic rings. The predicted molar refractivity (Wildman–Crippen MR) is 168 cm³/mol. The molecule has 4 heterocycles. The number of sulfonamides is 1. The lowest BCUT2D eigenvalue weighted by molar-refractivity contribution is 0.0964. The van der Waals surface area contributed by atoms with E-state index in [4.69, 9.17) is 25.7 Å². The summed E-state index contributed by atoms with van der Waals surface area (Å²) in [5.41, 5.74) is 3.06. The van der Waals surface area contributed by atoms with Crippen LogP contribution < -0.4 is 14.4 Å². The van der Waals surface area contributed by atoms with Crippen molar-refractivity contribution in [3.8, 4) is 39.7 Å². The van der Waals surface area contributed by atoms with Crippen molar-refractivity contribution in [2.24, 2.45) is 0 Å². The molecule has 13 heteroatoms. The number of pyridine rings is 1. The molecule has 0 atom stereocenters. The Hall–Kier alpha value is -4.94. The standard InChI is InChI=1S/C32H23ClF2N4O5S/c1-36-32(40)26-19-13-18(23(38(2)45(3,41)42)14-25(19)44-31(26)16-7-9-17(34)10-8-16)21-11-12-24-29(37-21)30-28(33)27-20(35)5-4-6-22(27)39(30)15-43-24/h4-14H,15H2,1-3H3,(H,36,40). The quantitative estimate of drug-likeness (QED) is 0.220. The maximum Gasteiger partial charge on any atom is 0.255 e. The molecule has 0 unspecified atom stereocenters. The van der Waals surface area contributed by atoms with Crippen LogP contribution in [0, 0.1) is 11.6 Å². The van der Waals surface area contributed by atoms with Crippen molar-refractivity contribution >= 4 is 55.1 Å². The van der Waals surface area contributed by atoms with Gasteiger partial charge in [-0.2, -0.15) is 0 Å². The molecular weight excluding hydrogens is 626 g/mol. The van der Waals surface area contributed by atoms with Crippen LogP contribution in [0.25, 0.3) is 55.8 Å². The van der Waals surface area contributed by atoms with E-state index in [0.717, 1.165) is 10.6 Å². The Bertz CT molecular complexity index is 2320. The first-order valence-corrected chi connectivity index (χ1v) is 15.8. The molecule has 9 nitrogen and oxygen atoms in total. The number of aromatic nitrogens is 2. The van der Waals surface area contributed by atoms with Crippen LogP contribution in [0.15, 0.2) is 71.1 Å². The molecule has 1 amide bonds. The van der Waals surface area contributed by atoms with E-state index >= 15 is 0 Å². The number of rotatable bonds is 5.